The molecule has 0 spiro atoms. The maximum absolute atomic E-state index is 13.2. The largest absolute Gasteiger partial charge is 0.316 e. The summed E-state index contributed by atoms with van der Waals surface area (Å²) in [6.07, 6.45) is 6.23. The fourth-order valence-electron chi connectivity index (χ4n) is 3.11. The van der Waals surface area contributed by atoms with Gasteiger partial charge < -0.3 is 5.32 Å². The molecule has 0 saturated heterocycles. The molecule has 1 nitrogen and oxygen atoms in total. The van der Waals surface area contributed by atoms with Gasteiger partial charge in [-0.25, -0.2) is 4.39 Å². The molecule has 1 aromatic carbocycles. The Morgan fingerprint density at radius 3 is 2.61 bits per heavy atom. The molecule has 1 aliphatic carbocycles. The molecule has 1 saturated carbocycles. The standard InChI is InChI=1S/C16H24FN/c1-12-6-8-14(9-7-12)16(18-2)11-13-4-3-5-15(17)10-13/h3-5,10,12,14,16,18H,6-9,11H2,1-2H3. The highest BCUT2D eigenvalue weighted by molar-refractivity contribution is 5.17. The van der Waals surface area contributed by atoms with Crippen LogP contribution in [0, 0.1) is 17.7 Å². The molecule has 0 aliphatic heterocycles. The normalized spacial score (nSPS) is 25.9. The Balaban J connectivity index is 1.96. The van der Waals surface area contributed by atoms with Crippen LogP contribution in [0.1, 0.15) is 38.2 Å². The summed E-state index contributed by atoms with van der Waals surface area (Å²) in [5.74, 6) is 1.50. The number of halogens is 1. The number of nitrogens with one attached hydrogen (secondary N) is 1. The fraction of sp³-hybridized carbons (Fsp3) is 0.625. The Morgan fingerprint density at radius 2 is 2.00 bits per heavy atom. The van der Waals surface area contributed by atoms with Gasteiger partial charge in [0.1, 0.15) is 5.82 Å². The number of benzene rings is 1. The molecule has 1 aromatic rings. The molecule has 1 N–H and O–H groups in total. The van der Waals surface area contributed by atoms with Crippen molar-refractivity contribution in [2.75, 3.05) is 7.05 Å². The summed E-state index contributed by atoms with van der Waals surface area (Å²) >= 11 is 0. The molecule has 18 heavy (non-hydrogen) atoms. The number of likely N-dealkylation sites (N-methyl/N-ethyl adjacent to an activating group) is 1. The lowest BCUT2D eigenvalue weighted by molar-refractivity contribution is 0.235. The van der Waals surface area contributed by atoms with Gasteiger partial charge in [0, 0.05) is 6.04 Å². The van der Waals surface area contributed by atoms with E-state index < -0.39 is 0 Å². The molecule has 1 aliphatic rings. The maximum atomic E-state index is 13.2. The Kier molecular flexibility index (Phi) is 4.76. The van der Waals surface area contributed by atoms with Crippen LogP contribution in [0.4, 0.5) is 4.39 Å². The lowest BCUT2D eigenvalue weighted by atomic mass is 9.78. The van der Waals surface area contributed by atoms with Gasteiger partial charge in [0.2, 0.25) is 0 Å². The number of hydrogen-bond acceptors (Lipinski definition) is 1. The molecule has 2 rings (SSSR count). The molecule has 0 bridgehead atoms. The molecule has 0 amide bonds. The van der Waals surface area contributed by atoms with Crippen molar-refractivity contribution >= 4 is 0 Å². The third-order valence-electron chi connectivity index (χ3n) is 4.34. The highest BCUT2D eigenvalue weighted by atomic mass is 19.1. The third-order valence-corrected chi connectivity index (χ3v) is 4.34. The second kappa shape index (κ2) is 6.33. The van der Waals surface area contributed by atoms with Gasteiger partial charge >= 0.3 is 0 Å². The van der Waals surface area contributed by atoms with Gasteiger partial charge in [-0.2, -0.15) is 0 Å². The van der Waals surface area contributed by atoms with Crippen molar-refractivity contribution in [3.63, 3.8) is 0 Å². The van der Waals surface area contributed by atoms with E-state index >= 15 is 0 Å². The second-order valence-electron chi connectivity index (χ2n) is 5.75. The van der Waals surface area contributed by atoms with Crippen molar-refractivity contribution in [2.45, 2.75) is 45.1 Å². The minimum absolute atomic E-state index is 0.125. The van der Waals surface area contributed by atoms with Crippen LogP contribution in [-0.2, 0) is 6.42 Å². The number of rotatable bonds is 4. The molecule has 0 heterocycles. The van der Waals surface area contributed by atoms with Crippen LogP contribution < -0.4 is 5.32 Å². The van der Waals surface area contributed by atoms with Gasteiger partial charge in [-0.05, 0) is 55.8 Å². The van der Waals surface area contributed by atoms with E-state index in [1.807, 2.05) is 13.1 Å². The van der Waals surface area contributed by atoms with E-state index in [9.17, 15) is 4.39 Å². The number of hydrogen-bond donors (Lipinski definition) is 1. The molecule has 1 atom stereocenters. The minimum atomic E-state index is -0.125. The fourth-order valence-corrected chi connectivity index (χ4v) is 3.11. The van der Waals surface area contributed by atoms with E-state index in [2.05, 4.69) is 12.2 Å². The molecule has 1 fully saturated rings. The van der Waals surface area contributed by atoms with Crippen LogP contribution in [0.25, 0.3) is 0 Å². The summed E-state index contributed by atoms with van der Waals surface area (Å²) in [5.41, 5.74) is 1.10. The van der Waals surface area contributed by atoms with Gasteiger partial charge in [-0.1, -0.05) is 31.9 Å². The van der Waals surface area contributed by atoms with Crippen LogP contribution in [0.5, 0.6) is 0 Å². The van der Waals surface area contributed by atoms with Crippen LogP contribution in [0.15, 0.2) is 24.3 Å². The highest BCUT2D eigenvalue weighted by Gasteiger charge is 2.25. The van der Waals surface area contributed by atoms with Gasteiger partial charge in [0.25, 0.3) is 0 Å². The lowest BCUT2D eigenvalue weighted by Crippen LogP contribution is -2.37. The van der Waals surface area contributed by atoms with Crippen LogP contribution in [0.3, 0.4) is 0 Å². The Hall–Kier alpha value is -0.890. The van der Waals surface area contributed by atoms with Crippen molar-refractivity contribution in [1.29, 1.82) is 0 Å². The zero-order valence-corrected chi connectivity index (χ0v) is 11.5. The smallest absolute Gasteiger partial charge is 0.123 e. The second-order valence-corrected chi connectivity index (χ2v) is 5.75. The molecule has 0 radical (unpaired) electrons. The average Bonchev–Trinajstić information content (AvgIpc) is 2.37. The van der Waals surface area contributed by atoms with Crippen LogP contribution in [0.2, 0.25) is 0 Å². The first-order valence-electron chi connectivity index (χ1n) is 7.10. The molecular weight excluding hydrogens is 225 g/mol. The first-order valence-corrected chi connectivity index (χ1v) is 7.10. The summed E-state index contributed by atoms with van der Waals surface area (Å²) in [6, 6.07) is 7.49. The topological polar surface area (TPSA) is 12.0 Å². The van der Waals surface area contributed by atoms with Gasteiger partial charge in [-0.3, -0.25) is 0 Å². The van der Waals surface area contributed by atoms with Crippen molar-refractivity contribution in [2.24, 2.45) is 11.8 Å². The lowest BCUT2D eigenvalue weighted by Gasteiger charge is -2.32. The van der Waals surface area contributed by atoms with Crippen molar-refractivity contribution in [3.05, 3.63) is 35.6 Å². The molecule has 100 valence electrons. The van der Waals surface area contributed by atoms with E-state index in [0.717, 1.165) is 23.8 Å². The van der Waals surface area contributed by atoms with Gasteiger partial charge in [0.15, 0.2) is 0 Å². The SMILES string of the molecule is CNC(Cc1cccc(F)c1)C1CCC(C)CC1. The summed E-state index contributed by atoms with van der Waals surface area (Å²) in [4.78, 5) is 0. The van der Waals surface area contributed by atoms with Crippen molar-refractivity contribution < 1.29 is 4.39 Å². The van der Waals surface area contributed by atoms with Gasteiger partial charge in [0.05, 0.1) is 0 Å². The zero-order valence-electron chi connectivity index (χ0n) is 11.5. The van der Waals surface area contributed by atoms with E-state index in [1.165, 1.54) is 31.7 Å². The summed E-state index contributed by atoms with van der Waals surface area (Å²) in [5, 5.41) is 3.43. The van der Waals surface area contributed by atoms with Crippen molar-refractivity contribution in [3.8, 4) is 0 Å². The molecular formula is C16H24FN. The highest BCUT2D eigenvalue weighted by Crippen LogP contribution is 2.31. The monoisotopic (exact) mass is 249 g/mol. The van der Waals surface area contributed by atoms with Crippen molar-refractivity contribution in [1.82, 2.24) is 5.32 Å². The van der Waals surface area contributed by atoms with E-state index in [4.69, 9.17) is 0 Å². The molecule has 1 unspecified atom stereocenters. The summed E-state index contributed by atoms with van der Waals surface area (Å²) < 4.78 is 13.2. The minimum Gasteiger partial charge on any atom is -0.316 e. The first-order chi connectivity index (χ1) is 8.69. The zero-order chi connectivity index (χ0) is 13.0. The Morgan fingerprint density at radius 1 is 1.28 bits per heavy atom. The summed E-state index contributed by atoms with van der Waals surface area (Å²) in [6.45, 7) is 2.34. The van der Waals surface area contributed by atoms with Crippen LogP contribution in [-0.4, -0.2) is 13.1 Å². The third kappa shape index (κ3) is 3.55. The molecule has 2 heteroatoms. The maximum Gasteiger partial charge on any atom is 0.123 e. The van der Waals surface area contributed by atoms with Gasteiger partial charge in [-0.15, -0.1) is 0 Å². The average molecular weight is 249 g/mol. The van der Waals surface area contributed by atoms with E-state index in [1.54, 1.807) is 12.1 Å². The Bertz CT molecular complexity index is 369. The predicted octanol–water partition coefficient (Wildman–Crippen LogP) is 3.78. The first kappa shape index (κ1) is 13.5. The Labute approximate surface area is 110 Å². The summed E-state index contributed by atoms with van der Waals surface area (Å²) in [7, 11) is 2.03. The quantitative estimate of drug-likeness (QED) is 0.856. The molecule has 0 aromatic heterocycles. The van der Waals surface area contributed by atoms with E-state index in [0.29, 0.717) is 6.04 Å². The van der Waals surface area contributed by atoms with E-state index in [-0.39, 0.29) is 5.82 Å². The van der Waals surface area contributed by atoms with Crippen LogP contribution >= 0.6 is 0 Å². The predicted molar refractivity (Wildman–Crippen MR) is 74.1 cm³/mol.